The SMILES string of the molecule is N#Cc1cccc(CC(=O)NC2C(=O)N3C(C(=O)OC(c4ccccc4)c4ccccc4)=C(O)CS[C@@H]23)c1. The minimum absolute atomic E-state index is 0.00249. The number of benzene rings is 3. The average Bonchev–Trinajstić information content (AvgIpc) is 2.95. The topological polar surface area (TPSA) is 120 Å². The first-order valence-electron chi connectivity index (χ1n) is 11.9. The lowest BCUT2D eigenvalue weighted by molar-refractivity contribution is -0.155. The van der Waals surface area contributed by atoms with Gasteiger partial charge in [0.25, 0.3) is 5.91 Å². The average molecular weight is 526 g/mol. The van der Waals surface area contributed by atoms with Gasteiger partial charge in [0.2, 0.25) is 5.91 Å². The highest BCUT2D eigenvalue weighted by Gasteiger charge is 2.55. The van der Waals surface area contributed by atoms with Crippen LogP contribution in [0, 0.1) is 11.3 Å². The minimum atomic E-state index is -0.846. The number of carbonyl (C=O) groups excluding carboxylic acids is 3. The number of β-lactam (4-membered cyclic amide) rings is 1. The van der Waals surface area contributed by atoms with E-state index in [-0.39, 0.29) is 29.5 Å². The number of rotatable bonds is 7. The van der Waals surface area contributed by atoms with Gasteiger partial charge in [-0.25, -0.2) is 4.79 Å². The highest BCUT2D eigenvalue weighted by atomic mass is 32.2. The van der Waals surface area contributed by atoms with Crippen molar-refractivity contribution in [2.75, 3.05) is 5.75 Å². The standard InChI is InChI=1S/C29H23N3O5S/c30-16-19-9-7-8-18(14-19)15-23(34)31-24-27(35)32-25(22(33)17-38-28(24)32)29(36)37-26(20-10-3-1-4-11-20)21-12-5-2-6-13-21/h1-14,24,26,28,33H,15,17H2,(H,31,34)/t24?,28-/m0/s1. The molecule has 1 saturated heterocycles. The van der Waals surface area contributed by atoms with Crippen molar-refractivity contribution in [3.63, 3.8) is 0 Å². The van der Waals surface area contributed by atoms with Crippen molar-refractivity contribution in [1.29, 1.82) is 5.26 Å². The van der Waals surface area contributed by atoms with Crippen LogP contribution in [0.5, 0.6) is 0 Å². The first-order valence-corrected chi connectivity index (χ1v) is 13.0. The summed E-state index contributed by atoms with van der Waals surface area (Å²) in [6.07, 6.45) is -0.739. The van der Waals surface area contributed by atoms with Gasteiger partial charge < -0.3 is 15.2 Å². The van der Waals surface area contributed by atoms with Gasteiger partial charge >= 0.3 is 5.97 Å². The van der Waals surface area contributed by atoms with E-state index >= 15 is 0 Å². The van der Waals surface area contributed by atoms with Crippen molar-refractivity contribution in [3.8, 4) is 6.07 Å². The zero-order valence-electron chi connectivity index (χ0n) is 20.1. The fraction of sp³-hybridized carbons (Fsp3) is 0.172. The second kappa shape index (κ2) is 10.8. The summed E-state index contributed by atoms with van der Waals surface area (Å²) in [5.41, 5.74) is 2.37. The van der Waals surface area contributed by atoms with E-state index in [0.29, 0.717) is 11.1 Å². The van der Waals surface area contributed by atoms with Crippen molar-refractivity contribution in [1.82, 2.24) is 10.2 Å². The van der Waals surface area contributed by atoms with Gasteiger partial charge in [0, 0.05) is 0 Å². The third kappa shape index (κ3) is 4.99. The van der Waals surface area contributed by atoms with E-state index in [1.807, 2.05) is 66.7 Å². The summed E-state index contributed by atoms with van der Waals surface area (Å²) in [5, 5.41) is 21.8. The predicted octanol–water partition coefficient (Wildman–Crippen LogP) is 3.60. The normalized spacial score (nSPS) is 18.3. The van der Waals surface area contributed by atoms with Gasteiger partial charge in [-0.15, -0.1) is 11.8 Å². The molecule has 0 radical (unpaired) electrons. The Kier molecular flexibility index (Phi) is 7.15. The summed E-state index contributed by atoms with van der Waals surface area (Å²) >= 11 is 1.25. The third-order valence-electron chi connectivity index (χ3n) is 6.31. The number of hydrogen-bond donors (Lipinski definition) is 2. The second-order valence-electron chi connectivity index (χ2n) is 8.85. The molecule has 2 amide bonds. The molecule has 0 aliphatic carbocycles. The summed E-state index contributed by atoms with van der Waals surface area (Å²) in [4.78, 5) is 40.3. The number of amides is 2. The van der Waals surface area contributed by atoms with E-state index < -0.39 is 29.4 Å². The highest BCUT2D eigenvalue weighted by molar-refractivity contribution is 8.00. The van der Waals surface area contributed by atoms with Crippen LogP contribution in [-0.2, 0) is 25.5 Å². The molecule has 190 valence electrons. The molecule has 0 bridgehead atoms. The number of nitrogens with one attached hydrogen (secondary N) is 1. The third-order valence-corrected chi connectivity index (χ3v) is 7.57. The van der Waals surface area contributed by atoms with Crippen molar-refractivity contribution in [3.05, 3.63) is 119 Å². The molecule has 2 N–H and O–H groups in total. The van der Waals surface area contributed by atoms with E-state index in [9.17, 15) is 19.5 Å². The van der Waals surface area contributed by atoms with Gasteiger partial charge in [0.05, 0.1) is 23.8 Å². The molecule has 1 fully saturated rings. The van der Waals surface area contributed by atoms with Gasteiger partial charge in [-0.05, 0) is 28.8 Å². The van der Waals surface area contributed by atoms with Crippen molar-refractivity contribution in [2.45, 2.75) is 23.9 Å². The van der Waals surface area contributed by atoms with Crippen LogP contribution in [-0.4, -0.2) is 45.0 Å². The Hall–Kier alpha value is -4.55. The number of carbonyl (C=O) groups is 3. The van der Waals surface area contributed by atoms with Crippen LogP contribution in [0.4, 0.5) is 0 Å². The van der Waals surface area contributed by atoms with E-state index in [4.69, 9.17) is 10.00 Å². The fourth-order valence-corrected chi connectivity index (χ4v) is 5.70. The number of nitriles is 1. The summed E-state index contributed by atoms with van der Waals surface area (Å²) in [7, 11) is 0. The van der Waals surface area contributed by atoms with Crippen LogP contribution in [0.25, 0.3) is 0 Å². The Morgan fingerprint density at radius 2 is 1.71 bits per heavy atom. The molecule has 1 unspecified atom stereocenters. The number of aliphatic hydroxyl groups is 1. The number of ether oxygens (including phenoxy) is 1. The second-order valence-corrected chi connectivity index (χ2v) is 9.95. The highest BCUT2D eigenvalue weighted by Crippen LogP contribution is 2.41. The van der Waals surface area contributed by atoms with Crippen LogP contribution in [0.2, 0.25) is 0 Å². The lowest BCUT2D eigenvalue weighted by Gasteiger charge is -2.48. The molecule has 8 nitrogen and oxygen atoms in total. The maximum atomic E-state index is 13.4. The molecule has 0 aromatic heterocycles. The van der Waals surface area contributed by atoms with Gasteiger partial charge in [0.1, 0.15) is 17.2 Å². The lowest BCUT2D eigenvalue weighted by Crippen LogP contribution is -2.70. The zero-order chi connectivity index (χ0) is 26.6. The van der Waals surface area contributed by atoms with Gasteiger partial charge in [0.15, 0.2) is 11.8 Å². The Morgan fingerprint density at radius 1 is 1.05 bits per heavy atom. The maximum absolute atomic E-state index is 13.4. The summed E-state index contributed by atoms with van der Waals surface area (Å²) in [5.74, 6) is -1.86. The quantitative estimate of drug-likeness (QED) is 0.357. The monoisotopic (exact) mass is 525 g/mol. The van der Waals surface area contributed by atoms with Crippen LogP contribution in [0.1, 0.15) is 28.4 Å². The molecule has 2 atom stereocenters. The Balaban J connectivity index is 1.31. The molecule has 0 spiro atoms. The Bertz CT molecular complexity index is 1410. The number of thioether (sulfide) groups is 1. The lowest BCUT2D eigenvalue weighted by atomic mass is 10.0. The fourth-order valence-electron chi connectivity index (χ4n) is 4.50. The number of esters is 1. The predicted molar refractivity (Wildman–Crippen MR) is 140 cm³/mol. The van der Waals surface area contributed by atoms with Crippen molar-refractivity contribution >= 4 is 29.5 Å². The molecule has 0 saturated carbocycles. The number of nitrogens with zero attached hydrogens (tertiary/aromatic N) is 2. The first-order chi connectivity index (χ1) is 18.5. The van der Waals surface area contributed by atoms with E-state index in [2.05, 4.69) is 5.32 Å². The molecule has 38 heavy (non-hydrogen) atoms. The van der Waals surface area contributed by atoms with E-state index in [1.165, 1.54) is 16.7 Å². The van der Waals surface area contributed by atoms with E-state index in [1.54, 1.807) is 24.3 Å². The van der Waals surface area contributed by atoms with Crippen LogP contribution >= 0.6 is 11.8 Å². The number of hydrogen-bond acceptors (Lipinski definition) is 7. The largest absolute Gasteiger partial charge is 0.509 e. The summed E-state index contributed by atoms with van der Waals surface area (Å²) in [6, 6.07) is 26.3. The van der Waals surface area contributed by atoms with Crippen LogP contribution in [0.3, 0.4) is 0 Å². The molecule has 9 heteroatoms. The number of aliphatic hydroxyl groups excluding tert-OH is 1. The van der Waals surface area contributed by atoms with Crippen molar-refractivity contribution in [2.24, 2.45) is 0 Å². The molecule has 2 aliphatic heterocycles. The summed E-state index contributed by atoms with van der Waals surface area (Å²) in [6.45, 7) is 0. The molecule has 5 rings (SSSR count). The van der Waals surface area contributed by atoms with Crippen LogP contribution < -0.4 is 5.32 Å². The smallest absolute Gasteiger partial charge is 0.359 e. The van der Waals surface area contributed by atoms with Gasteiger partial charge in [-0.1, -0.05) is 72.8 Å². The summed E-state index contributed by atoms with van der Waals surface area (Å²) < 4.78 is 5.88. The van der Waals surface area contributed by atoms with Gasteiger partial charge in [-0.2, -0.15) is 5.26 Å². The molecule has 2 aliphatic rings. The maximum Gasteiger partial charge on any atom is 0.359 e. The van der Waals surface area contributed by atoms with Crippen molar-refractivity contribution < 1.29 is 24.2 Å². The minimum Gasteiger partial charge on any atom is -0.509 e. The van der Waals surface area contributed by atoms with E-state index in [0.717, 1.165) is 11.1 Å². The van der Waals surface area contributed by atoms with Gasteiger partial charge in [-0.3, -0.25) is 14.5 Å². The molecule has 2 heterocycles. The zero-order valence-corrected chi connectivity index (χ0v) is 20.9. The molecule has 3 aromatic carbocycles. The number of fused-ring (bicyclic) bond motifs is 1. The molecular weight excluding hydrogens is 502 g/mol. The first kappa shape index (κ1) is 25.1. The molecular formula is C29H23N3O5S. The molecule has 3 aromatic rings. The Labute approximate surface area is 223 Å². The van der Waals surface area contributed by atoms with Crippen LogP contribution in [0.15, 0.2) is 96.4 Å². The Morgan fingerprint density at radius 3 is 2.34 bits per heavy atom.